The Morgan fingerprint density at radius 2 is 1.42 bits per heavy atom. The molecule has 5 rings (SSSR count). The standard InChI is InChI=1S/C27H38N4O2.C9H14Cl3NO2/c1-3-22-11-18-30(19-12-22)27(32)31(26-10-6-7-15-28-26)21-20-29-16-13-23(14-17-29)24-8-4-5-9-25(24)33-2;1-2-7-3-5-13(6-4-7)8(14)15-9(10,11)12/h4-10,15,22-23H,3,11-14,16-21H2,1-2H3;7H,2-6H2,1H3. The SMILES string of the molecule is CCC1CCN(C(=O)N(CCN2CCC(c3ccccc3OC)CC2)c2ccccn2)CC1.CCC1CCN(C(=O)OC(Cl)(Cl)Cl)CC1. The molecule has 3 saturated heterocycles. The fourth-order valence-corrected chi connectivity index (χ4v) is 7.12. The summed E-state index contributed by atoms with van der Waals surface area (Å²) in [4.78, 5) is 37.4. The van der Waals surface area contributed by atoms with E-state index in [1.807, 2.05) is 34.1 Å². The predicted octanol–water partition coefficient (Wildman–Crippen LogP) is 8.59. The third-order valence-corrected chi connectivity index (χ3v) is 10.3. The Hall–Kier alpha value is -2.46. The molecule has 3 fully saturated rings. The van der Waals surface area contributed by atoms with Gasteiger partial charge in [-0.05, 0) is 128 Å². The topological polar surface area (TPSA) is 78.5 Å². The minimum atomic E-state index is -1.96. The molecule has 266 valence electrons. The van der Waals surface area contributed by atoms with Gasteiger partial charge in [0.1, 0.15) is 11.6 Å². The molecular formula is C36H52Cl3N5O4. The van der Waals surface area contributed by atoms with E-state index in [0.29, 0.717) is 31.5 Å². The first-order valence-corrected chi connectivity index (χ1v) is 18.6. The average Bonchev–Trinajstić information content (AvgIpc) is 3.12. The van der Waals surface area contributed by atoms with E-state index in [9.17, 15) is 9.59 Å². The van der Waals surface area contributed by atoms with Crippen LogP contribution in [-0.2, 0) is 4.74 Å². The number of aromatic nitrogens is 1. The minimum Gasteiger partial charge on any atom is -0.496 e. The van der Waals surface area contributed by atoms with Gasteiger partial charge in [0.15, 0.2) is 0 Å². The number of likely N-dealkylation sites (tertiary alicyclic amines) is 3. The summed E-state index contributed by atoms with van der Waals surface area (Å²) in [6, 6.07) is 14.3. The van der Waals surface area contributed by atoms with Gasteiger partial charge in [-0.25, -0.2) is 14.6 Å². The van der Waals surface area contributed by atoms with Gasteiger partial charge in [0.25, 0.3) is 0 Å². The number of methoxy groups -OCH3 is 1. The van der Waals surface area contributed by atoms with Crippen LogP contribution in [0.15, 0.2) is 48.7 Å². The third kappa shape index (κ3) is 11.6. The molecule has 3 aliphatic rings. The van der Waals surface area contributed by atoms with Gasteiger partial charge < -0.3 is 24.2 Å². The smallest absolute Gasteiger partial charge is 0.413 e. The second kappa shape index (κ2) is 19.1. The largest absolute Gasteiger partial charge is 0.496 e. The van der Waals surface area contributed by atoms with Crippen LogP contribution in [0.4, 0.5) is 15.4 Å². The molecule has 1 aromatic heterocycles. The highest BCUT2D eigenvalue weighted by Gasteiger charge is 2.31. The molecule has 0 radical (unpaired) electrons. The molecule has 48 heavy (non-hydrogen) atoms. The zero-order valence-corrected chi connectivity index (χ0v) is 30.9. The first-order valence-electron chi connectivity index (χ1n) is 17.5. The summed E-state index contributed by atoms with van der Waals surface area (Å²) in [5.74, 6) is 3.73. The number of carbonyl (C=O) groups is 2. The number of carbonyl (C=O) groups excluding carboxylic acids is 2. The predicted molar refractivity (Wildman–Crippen MR) is 194 cm³/mol. The number of benzene rings is 1. The van der Waals surface area contributed by atoms with Crippen LogP contribution < -0.4 is 9.64 Å². The molecule has 9 nitrogen and oxygen atoms in total. The first-order chi connectivity index (χ1) is 23.1. The Morgan fingerprint density at radius 1 is 0.833 bits per heavy atom. The number of nitrogens with zero attached hydrogens (tertiary/aromatic N) is 5. The summed E-state index contributed by atoms with van der Waals surface area (Å²) in [6.45, 7) is 11.1. The molecule has 0 saturated carbocycles. The maximum absolute atomic E-state index is 13.5. The Labute approximate surface area is 301 Å². The summed E-state index contributed by atoms with van der Waals surface area (Å²) in [5.41, 5.74) is 1.32. The lowest BCUT2D eigenvalue weighted by molar-refractivity contribution is 0.0853. The number of ether oxygens (including phenoxy) is 2. The van der Waals surface area contributed by atoms with E-state index in [-0.39, 0.29) is 6.03 Å². The lowest BCUT2D eigenvalue weighted by Crippen LogP contribution is -2.49. The zero-order valence-electron chi connectivity index (χ0n) is 28.7. The number of alkyl halides is 3. The van der Waals surface area contributed by atoms with Gasteiger partial charge in [-0.3, -0.25) is 4.90 Å². The molecule has 4 heterocycles. The van der Waals surface area contributed by atoms with E-state index < -0.39 is 10.1 Å². The molecule has 3 aliphatic heterocycles. The average molecular weight is 725 g/mol. The van der Waals surface area contributed by atoms with E-state index in [1.165, 1.54) is 12.0 Å². The summed E-state index contributed by atoms with van der Waals surface area (Å²) >= 11 is 16.1. The second-order valence-electron chi connectivity index (χ2n) is 13.0. The lowest BCUT2D eigenvalue weighted by Gasteiger charge is -2.37. The van der Waals surface area contributed by atoms with E-state index in [2.05, 4.69) is 46.7 Å². The van der Waals surface area contributed by atoms with Crippen LogP contribution in [0, 0.1) is 11.8 Å². The number of amides is 3. The Morgan fingerprint density at radius 3 is 1.96 bits per heavy atom. The Bertz CT molecular complexity index is 1260. The van der Waals surface area contributed by atoms with E-state index >= 15 is 0 Å². The molecule has 2 aromatic rings. The normalized spacial score (nSPS) is 18.5. The number of piperidine rings is 3. The van der Waals surface area contributed by atoms with Crippen LogP contribution >= 0.6 is 34.8 Å². The van der Waals surface area contributed by atoms with Crippen molar-refractivity contribution < 1.29 is 19.1 Å². The van der Waals surface area contributed by atoms with E-state index in [1.54, 1.807) is 18.2 Å². The maximum Gasteiger partial charge on any atom is 0.413 e. The highest BCUT2D eigenvalue weighted by molar-refractivity contribution is 6.66. The van der Waals surface area contributed by atoms with Gasteiger partial charge in [0, 0.05) is 45.5 Å². The third-order valence-electron chi connectivity index (χ3n) is 10.1. The number of rotatable bonds is 8. The molecular weight excluding hydrogens is 673 g/mol. The molecule has 0 bridgehead atoms. The summed E-state index contributed by atoms with van der Waals surface area (Å²) in [5, 5.41) is 0. The monoisotopic (exact) mass is 723 g/mol. The van der Waals surface area contributed by atoms with Gasteiger partial charge in [0.2, 0.25) is 0 Å². The number of urea groups is 1. The van der Waals surface area contributed by atoms with Crippen molar-refractivity contribution in [2.45, 2.75) is 75.1 Å². The quantitative estimate of drug-likeness (QED) is 0.254. The summed E-state index contributed by atoms with van der Waals surface area (Å²) in [7, 11) is 1.75. The molecule has 0 spiro atoms. The fourth-order valence-electron chi connectivity index (χ4n) is 6.92. The van der Waals surface area contributed by atoms with Crippen LogP contribution in [0.5, 0.6) is 5.75 Å². The fraction of sp³-hybridized carbons (Fsp3) is 0.639. The van der Waals surface area contributed by atoms with Crippen molar-refractivity contribution in [1.82, 2.24) is 19.7 Å². The van der Waals surface area contributed by atoms with E-state index in [4.69, 9.17) is 39.5 Å². The van der Waals surface area contributed by atoms with Crippen LogP contribution in [0.1, 0.15) is 76.7 Å². The molecule has 0 aliphatic carbocycles. The number of anilines is 1. The van der Waals surface area contributed by atoms with Crippen molar-refractivity contribution in [2.75, 3.05) is 64.4 Å². The maximum atomic E-state index is 13.5. The number of para-hydroxylation sites is 1. The number of hydrogen-bond acceptors (Lipinski definition) is 6. The van der Waals surface area contributed by atoms with Crippen LogP contribution in [0.2, 0.25) is 0 Å². The van der Waals surface area contributed by atoms with Crippen molar-refractivity contribution in [2.24, 2.45) is 11.8 Å². The number of halogens is 3. The molecule has 0 unspecified atom stereocenters. The van der Waals surface area contributed by atoms with Crippen LogP contribution in [-0.4, -0.2) is 95.3 Å². The zero-order chi connectivity index (χ0) is 34.5. The molecule has 1 aromatic carbocycles. The summed E-state index contributed by atoms with van der Waals surface area (Å²) in [6.07, 6.45) is 10.00. The molecule has 12 heteroatoms. The van der Waals surface area contributed by atoms with E-state index in [0.717, 1.165) is 95.2 Å². The van der Waals surface area contributed by atoms with Gasteiger partial charge in [-0.1, -0.05) is 51.0 Å². The molecule has 0 atom stereocenters. The highest BCUT2D eigenvalue weighted by Crippen LogP contribution is 2.34. The van der Waals surface area contributed by atoms with Gasteiger partial charge >= 0.3 is 16.1 Å². The van der Waals surface area contributed by atoms with Crippen molar-refractivity contribution in [1.29, 1.82) is 0 Å². The highest BCUT2D eigenvalue weighted by atomic mass is 35.6. The number of pyridine rings is 1. The molecule has 3 amide bonds. The van der Waals surface area contributed by atoms with Crippen LogP contribution in [0.25, 0.3) is 0 Å². The van der Waals surface area contributed by atoms with Gasteiger partial charge in [0.05, 0.1) is 7.11 Å². The lowest BCUT2D eigenvalue weighted by atomic mass is 9.89. The van der Waals surface area contributed by atoms with Crippen molar-refractivity contribution >= 4 is 52.7 Å². The van der Waals surface area contributed by atoms with Crippen molar-refractivity contribution in [3.63, 3.8) is 0 Å². The minimum absolute atomic E-state index is 0.104. The van der Waals surface area contributed by atoms with Crippen LogP contribution in [0.3, 0.4) is 0 Å². The Kier molecular flexibility index (Phi) is 15.2. The first kappa shape index (κ1) is 38.3. The van der Waals surface area contributed by atoms with Crippen molar-refractivity contribution in [3.8, 4) is 5.75 Å². The van der Waals surface area contributed by atoms with Crippen molar-refractivity contribution in [3.05, 3.63) is 54.2 Å². The summed E-state index contributed by atoms with van der Waals surface area (Å²) < 4.78 is 8.25. The Balaban J connectivity index is 0.000000291. The number of hydrogen-bond donors (Lipinski definition) is 0. The molecule has 0 N–H and O–H groups in total. The van der Waals surface area contributed by atoms with Gasteiger partial charge in [-0.2, -0.15) is 0 Å². The second-order valence-corrected chi connectivity index (χ2v) is 15.1. The van der Waals surface area contributed by atoms with Gasteiger partial charge in [-0.15, -0.1) is 0 Å².